The molecule has 0 amide bonds. The maximum Gasteiger partial charge on any atom is 0.135 e. The van der Waals surface area contributed by atoms with Crippen molar-refractivity contribution in [3.05, 3.63) is 11.4 Å². The first-order valence-electron chi connectivity index (χ1n) is 7.64. The van der Waals surface area contributed by atoms with E-state index in [1.54, 1.807) is 0 Å². The van der Waals surface area contributed by atoms with Gasteiger partial charge in [0.2, 0.25) is 0 Å². The van der Waals surface area contributed by atoms with Gasteiger partial charge in [-0.05, 0) is 26.2 Å². The molecule has 1 rings (SSSR count). The number of aryl methyl sites for hydroxylation is 1. The summed E-state index contributed by atoms with van der Waals surface area (Å²) in [7, 11) is 0. The average molecular weight is 280 g/mol. The summed E-state index contributed by atoms with van der Waals surface area (Å²) in [5.41, 5.74) is 1.02. The van der Waals surface area contributed by atoms with Crippen molar-refractivity contribution in [1.82, 2.24) is 9.97 Å². The Labute approximate surface area is 122 Å². The predicted octanol–water partition coefficient (Wildman–Crippen LogP) is 2.74. The monoisotopic (exact) mass is 280 g/mol. The molecule has 0 radical (unpaired) electrons. The highest BCUT2D eigenvalue weighted by atomic mass is 16.3. The van der Waals surface area contributed by atoms with Gasteiger partial charge in [0.05, 0.1) is 12.6 Å². The zero-order valence-corrected chi connectivity index (χ0v) is 13.2. The van der Waals surface area contributed by atoms with Crippen molar-refractivity contribution >= 4 is 11.6 Å². The van der Waals surface area contributed by atoms with Crippen LogP contribution in [0.15, 0.2) is 0 Å². The third-order valence-electron chi connectivity index (χ3n) is 3.26. The van der Waals surface area contributed by atoms with Crippen molar-refractivity contribution in [3.63, 3.8) is 0 Å². The first-order valence-corrected chi connectivity index (χ1v) is 7.64. The van der Waals surface area contributed by atoms with Gasteiger partial charge < -0.3 is 15.7 Å². The first-order chi connectivity index (χ1) is 9.65. The number of hydrogen-bond donors (Lipinski definition) is 3. The zero-order valence-electron chi connectivity index (χ0n) is 13.2. The van der Waals surface area contributed by atoms with E-state index in [-0.39, 0.29) is 12.6 Å². The summed E-state index contributed by atoms with van der Waals surface area (Å²) in [5, 5.41) is 16.0. The van der Waals surface area contributed by atoms with Crippen LogP contribution in [0.5, 0.6) is 0 Å². The first kappa shape index (κ1) is 16.7. The Bertz CT molecular complexity index is 405. The van der Waals surface area contributed by atoms with E-state index in [9.17, 15) is 5.11 Å². The second-order valence-electron chi connectivity index (χ2n) is 5.07. The van der Waals surface area contributed by atoms with Crippen LogP contribution in [0.3, 0.4) is 0 Å². The van der Waals surface area contributed by atoms with Crippen molar-refractivity contribution in [2.75, 3.05) is 23.8 Å². The van der Waals surface area contributed by atoms with Crippen LogP contribution in [0.2, 0.25) is 0 Å². The van der Waals surface area contributed by atoms with E-state index in [2.05, 4.69) is 34.4 Å². The second kappa shape index (κ2) is 8.74. The number of anilines is 2. The van der Waals surface area contributed by atoms with Crippen molar-refractivity contribution in [3.8, 4) is 0 Å². The fourth-order valence-electron chi connectivity index (χ4n) is 1.92. The van der Waals surface area contributed by atoms with E-state index in [0.29, 0.717) is 0 Å². The van der Waals surface area contributed by atoms with Gasteiger partial charge in [-0.25, -0.2) is 9.97 Å². The lowest BCUT2D eigenvalue weighted by Gasteiger charge is -2.19. The number of aliphatic hydroxyl groups excluding tert-OH is 1. The van der Waals surface area contributed by atoms with E-state index < -0.39 is 0 Å². The van der Waals surface area contributed by atoms with Crippen LogP contribution in [-0.4, -0.2) is 34.3 Å². The molecule has 3 N–H and O–H groups in total. The minimum atomic E-state index is 0.0390. The third kappa shape index (κ3) is 4.63. The Hall–Kier alpha value is -1.36. The largest absolute Gasteiger partial charge is 0.394 e. The smallest absolute Gasteiger partial charge is 0.135 e. The lowest BCUT2D eigenvalue weighted by molar-refractivity contribution is 0.271. The van der Waals surface area contributed by atoms with Gasteiger partial charge in [-0.2, -0.15) is 0 Å². The molecule has 5 nitrogen and oxygen atoms in total. The summed E-state index contributed by atoms with van der Waals surface area (Å²) in [4.78, 5) is 9.19. The zero-order chi connectivity index (χ0) is 15.0. The highest BCUT2D eigenvalue weighted by molar-refractivity contribution is 5.57. The van der Waals surface area contributed by atoms with Crippen LogP contribution in [-0.2, 0) is 6.42 Å². The summed E-state index contributed by atoms with van der Waals surface area (Å²) < 4.78 is 0. The lowest BCUT2D eigenvalue weighted by atomic mass is 10.2. The van der Waals surface area contributed by atoms with Gasteiger partial charge >= 0.3 is 0 Å². The van der Waals surface area contributed by atoms with Gasteiger partial charge in [0, 0.05) is 18.5 Å². The van der Waals surface area contributed by atoms with Gasteiger partial charge in [-0.1, -0.05) is 20.8 Å². The molecule has 1 atom stereocenters. The molecule has 0 spiro atoms. The molecule has 5 heteroatoms. The quantitative estimate of drug-likeness (QED) is 0.649. The Balaban J connectivity index is 3.02. The van der Waals surface area contributed by atoms with Crippen LogP contribution in [0, 0.1) is 6.92 Å². The summed E-state index contributed by atoms with van der Waals surface area (Å²) in [6, 6.07) is 0.0390. The molecule has 1 unspecified atom stereocenters. The van der Waals surface area contributed by atoms with Crippen molar-refractivity contribution < 1.29 is 5.11 Å². The topological polar surface area (TPSA) is 70.1 Å². The predicted molar refractivity (Wildman–Crippen MR) is 84.3 cm³/mol. The summed E-state index contributed by atoms with van der Waals surface area (Å²) in [6.45, 7) is 9.33. The minimum Gasteiger partial charge on any atom is -0.394 e. The second-order valence-corrected chi connectivity index (χ2v) is 5.07. The molecule has 0 saturated heterocycles. The Morgan fingerprint density at radius 2 is 1.80 bits per heavy atom. The third-order valence-corrected chi connectivity index (χ3v) is 3.26. The number of hydrogen-bond acceptors (Lipinski definition) is 5. The number of aromatic nitrogens is 2. The van der Waals surface area contributed by atoms with E-state index in [1.807, 2.05) is 13.8 Å². The molecular weight excluding hydrogens is 252 g/mol. The Morgan fingerprint density at radius 1 is 1.10 bits per heavy atom. The molecule has 1 aromatic rings. The minimum absolute atomic E-state index is 0.0390. The molecule has 0 aliphatic heterocycles. The van der Waals surface area contributed by atoms with Gasteiger partial charge in [0.25, 0.3) is 0 Å². The van der Waals surface area contributed by atoms with Crippen molar-refractivity contribution in [1.29, 1.82) is 0 Å². The van der Waals surface area contributed by atoms with Crippen molar-refractivity contribution in [2.45, 2.75) is 59.4 Å². The van der Waals surface area contributed by atoms with Crippen molar-refractivity contribution in [2.24, 2.45) is 0 Å². The molecule has 0 aliphatic carbocycles. The van der Waals surface area contributed by atoms with Gasteiger partial charge in [-0.15, -0.1) is 0 Å². The highest BCUT2D eigenvalue weighted by Gasteiger charge is 2.13. The fraction of sp³-hybridized carbons (Fsp3) is 0.733. The Kier molecular flexibility index (Phi) is 7.30. The van der Waals surface area contributed by atoms with Gasteiger partial charge in [0.15, 0.2) is 0 Å². The maximum absolute atomic E-state index is 9.34. The van der Waals surface area contributed by atoms with Crippen LogP contribution in [0.25, 0.3) is 0 Å². The van der Waals surface area contributed by atoms with Crippen LogP contribution in [0.4, 0.5) is 11.6 Å². The van der Waals surface area contributed by atoms with E-state index >= 15 is 0 Å². The standard InChI is InChI=1S/C15H28N4O/c1-5-8-13-18-14(16-9-6-2)11(4)15(19-13)17-12(7-3)10-20/h12,20H,5-10H2,1-4H3,(H2,16,17,18,19). The lowest BCUT2D eigenvalue weighted by Crippen LogP contribution is -2.24. The number of nitrogens with one attached hydrogen (secondary N) is 2. The number of aliphatic hydroxyl groups is 1. The molecule has 0 fully saturated rings. The molecule has 0 saturated carbocycles. The molecule has 1 aromatic heterocycles. The van der Waals surface area contributed by atoms with Gasteiger partial charge in [-0.3, -0.25) is 0 Å². The molecule has 114 valence electrons. The van der Waals surface area contributed by atoms with Crippen LogP contribution < -0.4 is 10.6 Å². The number of nitrogens with zero attached hydrogens (tertiary/aromatic N) is 2. The molecular formula is C15H28N4O. The number of rotatable bonds is 9. The normalized spacial score (nSPS) is 12.2. The molecule has 0 aliphatic rings. The SMILES string of the molecule is CCCNc1nc(CCC)nc(NC(CC)CO)c1C. The molecule has 20 heavy (non-hydrogen) atoms. The summed E-state index contributed by atoms with van der Waals surface area (Å²) in [6.07, 6.45) is 3.81. The molecule has 0 bridgehead atoms. The average Bonchev–Trinajstić information content (AvgIpc) is 2.46. The van der Waals surface area contributed by atoms with Crippen LogP contribution >= 0.6 is 0 Å². The molecule has 1 heterocycles. The Morgan fingerprint density at radius 3 is 2.35 bits per heavy atom. The van der Waals surface area contributed by atoms with E-state index in [1.165, 1.54) is 0 Å². The van der Waals surface area contributed by atoms with Gasteiger partial charge in [0.1, 0.15) is 17.5 Å². The maximum atomic E-state index is 9.34. The fourth-order valence-corrected chi connectivity index (χ4v) is 1.92. The van der Waals surface area contributed by atoms with E-state index in [4.69, 9.17) is 0 Å². The van der Waals surface area contributed by atoms with Crippen LogP contribution in [0.1, 0.15) is 51.4 Å². The molecule has 0 aromatic carbocycles. The summed E-state index contributed by atoms with van der Waals surface area (Å²) >= 11 is 0. The van der Waals surface area contributed by atoms with E-state index in [0.717, 1.165) is 55.3 Å². The highest BCUT2D eigenvalue weighted by Crippen LogP contribution is 2.21. The summed E-state index contributed by atoms with van der Waals surface area (Å²) in [5.74, 6) is 2.59.